The third kappa shape index (κ3) is 4.73. The molecule has 1 aromatic heterocycles. The van der Waals surface area contributed by atoms with Crippen LogP contribution in [0.3, 0.4) is 0 Å². The maximum absolute atomic E-state index is 12.3. The van der Waals surface area contributed by atoms with Crippen molar-refractivity contribution in [2.45, 2.75) is 6.42 Å². The van der Waals surface area contributed by atoms with E-state index in [1.807, 2.05) is 30.3 Å². The quantitative estimate of drug-likeness (QED) is 0.857. The van der Waals surface area contributed by atoms with Crippen LogP contribution in [0.15, 0.2) is 42.6 Å². The number of likely N-dealkylation sites (N-methyl/N-ethyl adjacent to an activating group) is 1. The number of piperazine rings is 1. The molecular weight excluding hydrogens is 328 g/mol. The van der Waals surface area contributed by atoms with Crippen LogP contribution in [0.4, 0.5) is 5.69 Å². The van der Waals surface area contributed by atoms with Crippen molar-refractivity contribution in [2.24, 2.45) is 0 Å². The molecule has 6 nitrogen and oxygen atoms in total. The smallest absolute Gasteiger partial charge is 0.269 e. The molecule has 1 aliphatic heterocycles. The van der Waals surface area contributed by atoms with Crippen LogP contribution >= 0.6 is 0 Å². The number of aromatic nitrogens is 1. The number of hydrogen-bond acceptors (Lipinski definition) is 5. The molecule has 0 bridgehead atoms. The Morgan fingerprint density at radius 1 is 1.19 bits per heavy atom. The molecule has 6 heteroatoms. The number of nitrogens with zero attached hydrogens (tertiary/aromatic N) is 3. The second-order valence-electron chi connectivity index (χ2n) is 6.55. The van der Waals surface area contributed by atoms with E-state index in [9.17, 15) is 4.79 Å². The summed E-state index contributed by atoms with van der Waals surface area (Å²) in [6, 6.07) is 11.7. The highest BCUT2D eigenvalue weighted by Crippen LogP contribution is 2.15. The Bertz CT molecular complexity index is 725. The van der Waals surface area contributed by atoms with Gasteiger partial charge in [0, 0.05) is 32.7 Å². The third-order valence-corrected chi connectivity index (χ3v) is 4.68. The maximum atomic E-state index is 12.3. The highest BCUT2D eigenvalue weighted by atomic mass is 16.5. The van der Waals surface area contributed by atoms with E-state index >= 15 is 0 Å². The highest BCUT2D eigenvalue weighted by Gasteiger charge is 2.15. The number of amides is 1. The second kappa shape index (κ2) is 8.67. The molecular formula is C20H26N4O2. The van der Waals surface area contributed by atoms with Gasteiger partial charge in [-0.2, -0.15) is 0 Å². The molecule has 3 rings (SSSR count). The summed E-state index contributed by atoms with van der Waals surface area (Å²) in [4.78, 5) is 21.2. The second-order valence-corrected chi connectivity index (χ2v) is 6.55. The summed E-state index contributed by atoms with van der Waals surface area (Å²) in [5.74, 6) is 0.688. The zero-order valence-corrected chi connectivity index (χ0v) is 15.4. The van der Waals surface area contributed by atoms with E-state index in [1.54, 1.807) is 19.4 Å². The standard InChI is InChI=1S/C20H26N4O2/c1-23-10-12-24(13-11-23)17-6-7-19(22-15-17)20(25)21-9-8-16-4-3-5-18(14-16)26-2/h3-7,14-15H,8-13H2,1-2H3,(H,21,25). The van der Waals surface area contributed by atoms with E-state index in [4.69, 9.17) is 4.74 Å². The monoisotopic (exact) mass is 354 g/mol. The van der Waals surface area contributed by atoms with Crippen LogP contribution in [0.1, 0.15) is 16.1 Å². The van der Waals surface area contributed by atoms with Crippen molar-refractivity contribution >= 4 is 11.6 Å². The van der Waals surface area contributed by atoms with E-state index in [0.29, 0.717) is 12.2 Å². The number of ether oxygens (including phenoxy) is 1. The van der Waals surface area contributed by atoms with Crippen LogP contribution in [-0.2, 0) is 6.42 Å². The lowest BCUT2D eigenvalue weighted by atomic mass is 10.1. The van der Waals surface area contributed by atoms with E-state index in [0.717, 1.165) is 49.6 Å². The van der Waals surface area contributed by atoms with Gasteiger partial charge in [-0.1, -0.05) is 12.1 Å². The summed E-state index contributed by atoms with van der Waals surface area (Å²) in [7, 11) is 3.78. The van der Waals surface area contributed by atoms with Gasteiger partial charge in [0.1, 0.15) is 11.4 Å². The van der Waals surface area contributed by atoms with Crippen LogP contribution in [0.2, 0.25) is 0 Å². The van der Waals surface area contributed by atoms with Crippen molar-refractivity contribution in [2.75, 3.05) is 51.8 Å². The molecule has 1 aliphatic rings. The summed E-state index contributed by atoms with van der Waals surface area (Å²) in [6.07, 6.45) is 2.55. The molecule has 0 aliphatic carbocycles. The Morgan fingerprint density at radius 3 is 2.69 bits per heavy atom. The minimum absolute atomic E-state index is 0.141. The number of hydrogen-bond donors (Lipinski definition) is 1. The van der Waals surface area contributed by atoms with Gasteiger partial charge in [-0.25, -0.2) is 4.98 Å². The number of nitrogens with one attached hydrogen (secondary N) is 1. The number of methoxy groups -OCH3 is 1. The molecule has 1 amide bonds. The fourth-order valence-electron chi connectivity index (χ4n) is 3.01. The SMILES string of the molecule is COc1cccc(CCNC(=O)c2ccc(N3CCN(C)CC3)cn2)c1. The molecule has 0 spiro atoms. The average Bonchev–Trinajstić information content (AvgIpc) is 2.69. The van der Waals surface area contributed by atoms with E-state index in [1.165, 1.54) is 0 Å². The summed E-state index contributed by atoms with van der Waals surface area (Å²) in [5.41, 5.74) is 2.66. The maximum Gasteiger partial charge on any atom is 0.269 e. The van der Waals surface area contributed by atoms with Crippen LogP contribution in [-0.4, -0.2) is 62.7 Å². The van der Waals surface area contributed by atoms with Gasteiger partial charge >= 0.3 is 0 Å². The number of carbonyl (C=O) groups is 1. The molecule has 2 aromatic rings. The predicted molar refractivity (Wildman–Crippen MR) is 103 cm³/mol. The number of rotatable bonds is 6. The predicted octanol–water partition coefficient (Wildman–Crippen LogP) is 1.81. The van der Waals surface area contributed by atoms with Crippen molar-refractivity contribution < 1.29 is 9.53 Å². The first-order chi connectivity index (χ1) is 12.7. The first kappa shape index (κ1) is 18.2. The Labute approximate surface area is 154 Å². The van der Waals surface area contributed by atoms with E-state index in [2.05, 4.69) is 27.1 Å². The molecule has 2 heterocycles. The largest absolute Gasteiger partial charge is 0.497 e. The average molecular weight is 354 g/mol. The fraction of sp³-hybridized carbons (Fsp3) is 0.400. The number of carbonyl (C=O) groups excluding carboxylic acids is 1. The van der Waals surface area contributed by atoms with Crippen LogP contribution in [0, 0.1) is 0 Å². The van der Waals surface area contributed by atoms with Gasteiger partial charge in [-0.05, 0) is 43.3 Å². The van der Waals surface area contributed by atoms with Gasteiger partial charge in [-0.15, -0.1) is 0 Å². The van der Waals surface area contributed by atoms with Crippen molar-refractivity contribution in [3.8, 4) is 5.75 Å². The minimum Gasteiger partial charge on any atom is -0.497 e. The molecule has 1 saturated heterocycles. The summed E-state index contributed by atoms with van der Waals surface area (Å²) in [6.45, 7) is 4.64. The molecule has 138 valence electrons. The van der Waals surface area contributed by atoms with Crippen LogP contribution < -0.4 is 15.0 Å². The van der Waals surface area contributed by atoms with Gasteiger partial charge in [0.15, 0.2) is 0 Å². The van der Waals surface area contributed by atoms with Crippen molar-refractivity contribution in [3.05, 3.63) is 53.9 Å². The fourth-order valence-corrected chi connectivity index (χ4v) is 3.01. The Morgan fingerprint density at radius 2 is 2.00 bits per heavy atom. The topological polar surface area (TPSA) is 57.7 Å². The van der Waals surface area contributed by atoms with Crippen LogP contribution in [0.5, 0.6) is 5.75 Å². The van der Waals surface area contributed by atoms with Crippen molar-refractivity contribution in [1.82, 2.24) is 15.2 Å². The first-order valence-corrected chi connectivity index (χ1v) is 8.96. The molecule has 0 atom stereocenters. The minimum atomic E-state index is -0.141. The van der Waals surface area contributed by atoms with Crippen molar-refractivity contribution in [1.29, 1.82) is 0 Å². The number of benzene rings is 1. The summed E-state index contributed by atoms with van der Waals surface area (Å²) >= 11 is 0. The lowest BCUT2D eigenvalue weighted by molar-refractivity contribution is 0.0949. The van der Waals surface area contributed by atoms with Gasteiger partial charge < -0.3 is 19.9 Å². The highest BCUT2D eigenvalue weighted by molar-refractivity contribution is 5.92. The van der Waals surface area contributed by atoms with Gasteiger partial charge in [0.05, 0.1) is 19.0 Å². The molecule has 0 saturated carbocycles. The lowest BCUT2D eigenvalue weighted by Crippen LogP contribution is -2.44. The normalized spacial score (nSPS) is 14.9. The molecule has 0 unspecified atom stereocenters. The third-order valence-electron chi connectivity index (χ3n) is 4.68. The van der Waals surface area contributed by atoms with Gasteiger partial charge in [0.25, 0.3) is 5.91 Å². The molecule has 1 aromatic carbocycles. The van der Waals surface area contributed by atoms with Gasteiger partial charge in [-0.3, -0.25) is 4.79 Å². The Balaban J connectivity index is 1.50. The first-order valence-electron chi connectivity index (χ1n) is 8.96. The summed E-state index contributed by atoms with van der Waals surface area (Å²) < 4.78 is 5.21. The van der Waals surface area contributed by atoms with E-state index in [-0.39, 0.29) is 5.91 Å². The van der Waals surface area contributed by atoms with E-state index < -0.39 is 0 Å². The zero-order chi connectivity index (χ0) is 18.4. The number of pyridine rings is 1. The Kier molecular flexibility index (Phi) is 6.07. The molecule has 1 N–H and O–H groups in total. The number of anilines is 1. The lowest BCUT2D eigenvalue weighted by Gasteiger charge is -2.33. The van der Waals surface area contributed by atoms with Gasteiger partial charge in [0.2, 0.25) is 0 Å². The molecule has 26 heavy (non-hydrogen) atoms. The molecule has 1 fully saturated rings. The molecule has 0 radical (unpaired) electrons. The van der Waals surface area contributed by atoms with Crippen LogP contribution in [0.25, 0.3) is 0 Å². The zero-order valence-electron chi connectivity index (χ0n) is 15.4. The Hall–Kier alpha value is -2.60. The van der Waals surface area contributed by atoms with Crippen molar-refractivity contribution in [3.63, 3.8) is 0 Å². The summed E-state index contributed by atoms with van der Waals surface area (Å²) in [5, 5.41) is 2.93.